The molecule has 0 amide bonds. The van der Waals surface area contributed by atoms with Crippen LogP contribution in [0.15, 0.2) is 0 Å². The van der Waals surface area contributed by atoms with Crippen LogP contribution in [-0.2, 0) is 6.42 Å². The average Bonchev–Trinajstić information content (AvgIpc) is 2.93. The van der Waals surface area contributed by atoms with Gasteiger partial charge in [-0.3, -0.25) is 0 Å². The molecule has 0 saturated carbocycles. The number of aryl methyl sites for hydroxylation is 1. The summed E-state index contributed by atoms with van der Waals surface area (Å²) in [5.74, 6) is 0. The molecule has 4 nitrogen and oxygen atoms in total. The van der Waals surface area contributed by atoms with Gasteiger partial charge in [-0.15, -0.1) is 11.3 Å². The third-order valence-electron chi connectivity index (χ3n) is 4.36. The Balaban J connectivity index is 1.95. The molecule has 1 heterocycles. The fraction of sp³-hybridized carbons (Fsp3) is 0.812. The molecule has 0 aliphatic heterocycles. The third kappa shape index (κ3) is 4.18. The molecule has 0 aromatic carbocycles. The molecule has 1 atom stereocenters. The van der Waals surface area contributed by atoms with Gasteiger partial charge in [0, 0.05) is 18.0 Å². The van der Waals surface area contributed by atoms with Gasteiger partial charge in [0.05, 0.1) is 11.8 Å². The molecule has 1 aliphatic rings. The van der Waals surface area contributed by atoms with E-state index in [1.807, 2.05) is 0 Å². The van der Waals surface area contributed by atoms with E-state index in [4.69, 9.17) is 4.98 Å². The van der Waals surface area contributed by atoms with Crippen molar-refractivity contribution in [3.8, 4) is 0 Å². The number of anilines is 1. The fourth-order valence-electron chi connectivity index (χ4n) is 2.93. The minimum atomic E-state index is -0.340. The van der Waals surface area contributed by atoms with Crippen molar-refractivity contribution in [3.63, 3.8) is 0 Å². The van der Waals surface area contributed by atoms with E-state index in [9.17, 15) is 5.11 Å². The third-order valence-corrected chi connectivity index (χ3v) is 5.55. The van der Waals surface area contributed by atoms with Gasteiger partial charge in [0.15, 0.2) is 5.13 Å². The number of hydrogen-bond donors (Lipinski definition) is 1. The standard InChI is InChI=1S/C16H29N3OS/c1-4-18(5-2)11-8-12-19(6-3)16-17-15-13(20)9-7-10-14(15)21-16/h13,20H,4-12H2,1-3H3. The molecule has 1 N–H and O–H groups in total. The summed E-state index contributed by atoms with van der Waals surface area (Å²) in [5, 5.41) is 11.2. The first-order valence-electron chi connectivity index (χ1n) is 8.34. The molecule has 1 aliphatic carbocycles. The van der Waals surface area contributed by atoms with E-state index in [1.165, 1.54) is 11.3 Å². The zero-order valence-corrected chi connectivity index (χ0v) is 14.5. The smallest absolute Gasteiger partial charge is 0.185 e. The molecule has 0 spiro atoms. The predicted molar refractivity (Wildman–Crippen MR) is 90.3 cm³/mol. The largest absolute Gasteiger partial charge is 0.387 e. The lowest BCUT2D eigenvalue weighted by atomic mass is 10.0. The molecule has 1 aromatic heterocycles. The highest BCUT2D eigenvalue weighted by molar-refractivity contribution is 7.15. The summed E-state index contributed by atoms with van der Waals surface area (Å²) in [5.41, 5.74) is 0.948. The van der Waals surface area contributed by atoms with Gasteiger partial charge in [-0.2, -0.15) is 0 Å². The summed E-state index contributed by atoms with van der Waals surface area (Å²) >= 11 is 1.78. The van der Waals surface area contributed by atoms with E-state index in [-0.39, 0.29) is 6.10 Å². The fourth-order valence-corrected chi connectivity index (χ4v) is 4.18. The molecule has 0 saturated heterocycles. The van der Waals surface area contributed by atoms with E-state index in [0.29, 0.717) is 0 Å². The van der Waals surface area contributed by atoms with Crippen LogP contribution < -0.4 is 4.90 Å². The first-order valence-corrected chi connectivity index (χ1v) is 9.16. The van der Waals surface area contributed by atoms with Crippen LogP contribution in [0.4, 0.5) is 5.13 Å². The molecule has 5 heteroatoms. The number of hydrogen-bond acceptors (Lipinski definition) is 5. The van der Waals surface area contributed by atoms with Crippen LogP contribution in [0, 0.1) is 0 Å². The van der Waals surface area contributed by atoms with Gasteiger partial charge < -0.3 is 14.9 Å². The average molecular weight is 311 g/mol. The number of aliphatic hydroxyl groups excluding tert-OH is 1. The Labute approximate surface area is 132 Å². The maximum Gasteiger partial charge on any atom is 0.185 e. The van der Waals surface area contributed by atoms with Crippen LogP contribution in [0.2, 0.25) is 0 Å². The molecule has 0 bridgehead atoms. The Kier molecular flexibility index (Phi) is 6.45. The second kappa shape index (κ2) is 8.11. The summed E-state index contributed by atoms with van der Waals surface area (Å²) in [6, 6.07) is 0. The lowest BCUT2D eigenvalue weighted by Gasteiger charge is -2.23. The van der Waals surface area contributed by atoms with Gasteiger partial charge in [0.25, 0.3) is 0 Å². The SMILES string of the molecule is CCN(CC)CCCN(CC)c1nc2c(s1)CCCC2O. The van der Waals surface area contributed by atoms with E-state index in [0.717, 1.165) is 62.8 Å². The van der Waals surface area contributed by atoms with Crippen molar-refractivity contribution in [2.24, 2.45) is 0 Å². The van der Waals surface area contributed by atoms with Crippen molar-refractivity contribution < 1.29 is 5.11 Å². The molecule has 0 fully saturated rings. The number of thiazole rings is 1. The number of rotatable bonds is 8. The topological polar surface area (TPSA) is 39.6 Å². The normalized spacial score (nSPS) is 18.0. The van der Waals surface area contributed by atoms with Crippen LogP contribution in [0.5, 0.6) is 0 Å². The molecule has 120 valence electrons. The van der Waals surface area contributed by atoms with Gasteiger partial charge in [-0.1, -0.05) is 13.8 Å². The first-order chi connectivity index (χ1) is 10.2. The van der Waals surface area contributed by atoms with Gasteiger partial charge in [-0.25, -0.2) is 4.98 Å². The number of nitrogens with zero attached hydrogens (tertiary/aromatic N) is 3. The Hall–Kier alpha value is -0.650. The monoisotopic (exact) mass is 311 g/mol. The molecule has 1 unspecified atom stereocenters. The van der Waals surface area contributed by atoms with Gasteiger partial charge in [-0.05, 0) is 52.2 Å². The molecule has 21 heavy (non-hydrogen) atoms. The van der Waals surface area contributed by atoms with Gasteiger partial charge >= 0.3 is 0 Å². The highest BCUT2D eigenvalue weighted by Crippen LogP contribution is 2.36. The van der Waals surface area contributed by atoms with Crippen molar-refractivity contribution >= 4 is 16.5 Å². The highest BCUT2D eigenvalue weighted by atomic mass is 32.1. The van der Waals surface area contributed by atoms with Crippen LogP contribution in [-0.4, -0.2) is 47.7 Å². The van der Waals surface area contributed by atoms with Crippen molar-refractivity contribution in [1.82, 2.24) is 9.88 Å². The Morgan fingerprint density at radius 3 is 2.57 bits per heavy atom. The maximum absolute atomic E-state index is 10.1. The molecule has 1 aromatic rings. The Morgan fingerprint density at radius 1 is 1.19 bits per heavy atom. The summed E-state index contributed by atoms with van der Waals surface area (Å²) in [4.78, 5) is 10.8. The van der Waals surface area contributed by atoms with Crippen molar-refractivity contribution in [2.45, 2.75) is 52.6 Å². The van der Waals surface area contributed by atoms with E-state index in [2.05, 4.69) is 30.6 Å². The molecular weight excluding hydrogens is 282 g/mol. The highest BCUT2D eigenvalue weighted by Gasteiger charge is 2.24. The zero-order chi connectivity index (χ0) is 15.2. The number of fused-ring (bicyclic) bond motifs is 1. The molecule has 2 rings (SSSR count). The van der Waals surface area contributed by atoms with Crippen molar-refractivity contribution in [2.75, 3.05) is 37.6 Å². The Morgan fingerprint density at radius 2 is 1.95 bits per heavy atom. The zero-order valence-electron chi connectivity index (χ0n) is 13.6. The van der Waals surface area contributed by atoms with Crippen LogP contribution in [0.1, 0.15) is 56.7 Å². The minimum Gasteiger partial charge on any atom is -0.387 e. The van der Waals surface area contributed by atoms with Gasteiger partial charge in [0.2, 0.25) is 0 Å². The minimum absolute atomic E-state index is 0.340. The maximum atomic E-state index is 10.1. The summed E-state index contributed by atoms with van der Waals surface area (Å²) < 4.78 is 0. The van der Waals surface area contributed by atoms with E-state index < -0.39 is 0 Å². The Bertz CT molecular complexity index is 431. The number of aliphatic hydroxyl groups is 1. The molecular formula is C16H29N3OS. The second-order valence-electron chi connectivity index (χ2n) is 5.67. The van der Waals surface area contributed by atoms with Gasteiger partial charge in [0.1, 0.15) is 0 Å². The lowest BCUT2D eigenvalue weighted by Crippen LogP contribution is -2.30. The van der Waals surface area contributed by atoms with Crippen molar-refractivity contribution in [3.05, 3.63) is 10.6 Å². The summed E-state index contributed by atoms with van der Waals surface area (Å²) in [7, 11) is 0. The summed E-state index contributed by atoms with van der Waals surface area (Å²) in [6.07, 6.45) is 3.87. The van der Waals surface area contributed by atoms with Crippen molar-refractivity contribution in [1.29, 1.82) is 0 Å². The van der Waals surface area contributed by atoms with E-state index in [1.54, 1.807) is 11.3 Å². The quantitative estimate of drug-likeness (QED) is 0.801. The summed E-state index contributed by atoms with van der Waals surface area (Å²) in [6.45, 7) is 12.1. The predicted octanol–water partition coefficient (Wildman–Crippen LogP) is 3.07. The van der Waals surface area contributed by atoms with Crippen LogP contribution in [0.25, 0.3) is 0 Å². The van der Waals surface area contributed by atoms with E-state index >= 15 is 0 Å². The molecule has 0 radical (unpaired) electrons. The lowest BCUT2D eigenvalue weighted by molar-refractivity contribution is 0.153. The first kappa shape index (κ1) is 16.7. The second-order valence-corrected chi connectivity index (χ2v) is 6.74. The van der Waals surface area contributed by atoms with Crippen LogP contribution >= 0.6 is 11.3 Å². The van der Waals surface area contributed by atoms with Crippen LogP contribution in [0.3, 0.4) is 0 Å². The number of aromatic nitrogens is 1.